The Morgan fingerprint density at radius 3 is 2.63 bits per heavy atom. The number of carbonyl (C=O) groups excluding carboxylic acids is 1. The molecule has 3 rings (SSSR count). The van der Waals surface area contributed by atoms with Crippen molar-refractivity contribution in [2.24, 2.45) is 0 Å². The first-order chi connectivity index (χ1) is 12.8. The van der Waals surface area contributed by atoms with Crippen LogP contribution in [0.4, 0.5) is 8.78 Å². The molecule has 0 saturated heterocycles. The number of hydrogen-bond acceptors (Lipinski definition) is 5. The molecule has 0 radical (unpaired) electrons. The number of halogens is 2. The summed E-state index contributed by atoms with van der Waals surface area (Å²) in [7, 11) is 0. The molecule has 8 heteroatoms. The number of carbonyl (C=O) groups is 1. The van der Waals surface area contributed by atoms with Gasteiger partial charge >= 0.3 is 0 Å². The molecule has 0 saturated carbocycles. The Balaban J connectivity index is 2.16. The van der Waals surface area contributed by atoms with E-state index in [9.17, 15) is 13.6 Å². The number of nitrogens with zero attached hydrogens (tertiary/aromatic N) is 3. The lowest BCUT2D eigenvalue weighted by Crippen LogP contribution is -2.36. The topological polar surface area (TPSA) is 59.2 Å². The average molecular weight is 393 g/mol. The average Bonchev–Trinajstić information content (AvgIpc) is 3.14. The standard InChI is InChI=1S/C19H21F2N3O2S/c1-5-6-24(9-16(20)21)19(25)14-8-15(13-7-10(2)27-12(13)4)22-18-17(14)11(3)23-26-18/h7-8,16H,5-6,9H2,1-4H3. The summed E-state index contributed by atoms with van der Waals surface area (Å²) in [5.41, 5.74) is 2.53. The molecule has 5 nitrogen and oxygen atoms in total. The number of pyridine rings is 1. The van der Waals surface area contributed by atoms with Crippen LogP contribution in [0.2, 0.25) is 0 Å². The summed E-state index contributed by atoms with van der Waals surface area (Å²) in [6.45, 7) is 7.18. The van der Waals surface area contributed by atoms with Crippen LogP contribution >= 0.6 is 11.3 Å². The van der Waals surface area contributed by atoms with Crippen LogP contribution in [0.15, 0.2) is 16.7 Å². The summed E-state index contributed by atoms with van der Waals surface area (Å²) in [5.74, 6) is -0.457. The fourth-order valence-corrected chi connectivity index (χ4v) is 4.10. The Hall–Kier alpha value is -2.35. The van der Waals surface area contributed by atoms with Crippen LogP contribution in [0.5, 0.6) is 0 Å². The molecule has 0 atom stereocenters. The smallest absolute Gasteiger partial charge is 0.259 e. The van der Waals surface area contributed by atoms with E-state index in [-0.39, 0.29) is 12.3 Å². The van der Waals surface area contributed by atoms with Crippen molar-refractivity contribution in [2.45, 2.75) is 40.5 Å². The zero-order valence-corrected chi connectivity index (χ0v) is 16.5. The summed E-state index contributed by atoms with van der Waals surface area (Å²) in [6.07, 6.45) is -2.01. The minimum absolute atomic E-state index is 0.241. The minimum Gasteiger partial charge on any atom is -0.335 e. The van der Waals surface area contributed by atoms with E-state index in [2.05, 4.69) is 10.1 Å². The van der Waals surface area contributed by atoms with Crippen molar-refractivity contribution < 1.29 is 18.1 Å². The Bertz CT molecular complexity index is 981. The van der Waals surface area contributed by atoms with Crippen molar-refractivity contribution in [1.82, 2.24) is 15.0 Å². The second kappa shape index (κ2) is 7.72. The van der Waals surface area contributed by atoms with Gasteiger partial charge in [-0.05, 0) is 39.3 Å². The van der Waals surface area contributed by atoms with Gasteiger partial charge in [-0.2, -0.15) is 0 Å². The molecule has 0 aromatic carbocycles. The molecule has 0 bridgehead atoms. The van der Waals surface area contributed by atoms with E-state index in [1.807, 2.05) is 26.8 Å². The van der Waals surface area contributed by atoms with Gasteiger partial charge in [0.15, 0.2) is 0 Å². The lowest BCUT2D eigenvalue weighted by molar-refractivity contribution is 0.0557. The summed E-state index contributed by atoms with van der Waals surface area (Å²) in [6, 6.07) is 3.66. The van der Waals surface area contributed by atoms with Gasteiger partial charge in [-0.3, -0.25) is 4.79 Å². The van der Waals surface area contributed by atoms with Crippen molar-refractivity contribution in [2.75, 3.05) is 13.1 Å². The van der Waals surface area contributed by atoms with Crippen molar-refractivity contribution in [3.63, 3.8) is 0 Å². The van der Waals surface area contributed by atoms with Crippen LogP contribution in [0.1, 0.15) is 39.2 Å². The maximum absolute atomic E-state index is 13.1. The van der Waals surface area contributed by atoms with Gasteiger partial charge in [-0.15, -0.1) is 11.3 Å². The molecular weight excluding hydrogens is 372 g/mol. The van der Waals surface area contributed by atoms with Gasteiger partial charge in [0.1, 0.15) is 0 Å². The van der Waals surface area contributed by atoms with E-state index >= 15 is 0 Å². The van der Waals surface area contributed by atoms with E-state index in [0.717, 1.165) is 15.3 Å². The van der Waals surface area contributed by atoms with Crippen molar-refractivity contribution >= 4 is 28.3 Å². The monoisotopic (exact) mass is 393 g/mol. The molecule has 3 aromatic rings. The summed E-state index contributed by atoms with van der Waals surface area (Å²) >= 11 is 1.63. The summed E-state index contributed by atoms with van der Waals surface area (Å²) < 4.78 is 31.3. The number of alkyl halides is 2. The van der Waals surface area contributed by atoms with Crippen molar-refractivity contribution in [3.8, 4) is 11.3 Å². The third-order valence-corrected chi connectivity index (χ3v) is 5.27. The van der Waals surface area contributed by atoms with E-state index in [1.54, 1.807) is 24.3 Å². The third-order valence-electron chi connectivity index (χ3n) is 4.30. The molecule has 0 N–H and O–H groups in total. The number of aryl methyl sites for hydroxylation is 3. The fourth-order valence-electron chi connectivity index (χ4n) is 3.17. The van der Waals surface area contributed by atoms with Gasteiger partial charge in [-0.1, -0.05) is 12.1 Å². The van der Waals surface area contributed by atoms with Crippen LogP contribution in [0.3, 0.4) is 0 Å². The Labute approximate surface area is 160 Å². The quantitative estimate of drug-likeness (QED) is 0.592. The van der Waals surface area contributed by atoms with Gasteiger partial charge in [0.2, 0.25) is 0 Å². The summed E-state index contributed by atoms with van der Waals surface area (Å²) in [5, 5.41) is 4.39. The third kappa shape index (κ3) is 3.85. The minimum atomic E-state index is -2.59. The molecule has 1 amide bonds. The maximum Gasteiger partial charge on any atom is 0.259 e. The molecule has 0 aliphatic heterocycles. The Kier molecular flexibility index (Phi) is 5.55. The Morgan fingerprint density at radius 1 is 1.30 bits per heavy atom. The maximum atomic E-state index is 13.1. The molecule has 27 heavy (non-hydrogen) atoms. The molecular formula is C19H21F2N3O2S. The van der Waals surface area contributed by atoms with E-state index in [0.29, 0.717) is 28.8 Å². The van der Waals surface area contributed by atoms with E-state index in [1.165, 1.54) is 4.90 Å². The van der Waals surface area contributed by atoms with E-state index < -0.39 is 18.9 Å². The highest BCUT2D eigenvalue weighted by Crippen LogP contribution is 2.33. The van der Waals surface area contributed by atoms with Crippen LogP contribution in [-0.4, -0.2) is 40.5 Å². The van der Waals surface area contributed by atoms with Crippen LogP contribution < -0.4 is 0 Å². The molecule has 3 aromatic heterocycles. The van der Waals surface area contributed by atoms with Crippen molar-refractivity contribution in [1.29, 1.82) is 0 Å². The van der Waals surface area contributed by atoms with Gasteiger partial charge in [-0.25, -0.2) is 13.8 Å². The highest BCUT2D eigenvalue weighted by molar-refractivity contribution is 7.12. The molecule has 0 unspecified atom stereocenters. The normalized spacial score (nSPS) is 11.5. The molecule has 0 aliphatic rings. The summed E-state index contributed by atoms with van der Waals surface area (Å²) in [4.78, 5) is 21.0. The van der Waals surface area contributed by atoms with Gasteiger partial charge in [0.25, 0.3) is 18.0 Å². The highest BCUT2D eigenvalue weighted by atomic mass is 32.1. The number of amides is 1. The highest BCUT2D eigenvalue weighted by Gasteiger charge is 2.25. The van der Waals surface area contributed by atoms with Gasteiger partial charge < -0.3 is 9.42 Å². The van der Waals surface area contributed by atoms with Crippen LogP contribution in [0.25, 0.3) is 22.4 Å². The SMILES string of the molecule is CCCN(CC(F)F)C(=O)c1cc(-c2cc(C)sc2C)nc2onc(C)c12. The zero-order chi connectivity index (χ0) is 19.7. The largest absolute Gasteiger partial charge is 0.335 e. The van der Waals surface area contributed by atoms with Crippen LogP contribution in [-0.2, 0) is 0 Å². The second-order valence-corrected chi connectivity index (χ2v) is 7.93. The zero-order valence-electron chi connectivity index (χ0n) is 15.7. The molecule has 144 valence electrons. The van der Waals surface area contributed by atoms with Gasteiger partial charge in [0, 0.05) is 21.9 Å². The lowest BCUT2D eigenvalue weighted by atomic mass is 10.0. The van der Waals surface area contributed by atoms with E-state index in [4.69, 9.17) is 4.52 Å². The van der Waals surface area contributed by atoms with Gasteiger partial charge in [0.05, 0.1) is 28.9 Å². The number of fused-ring (bicyclic) bond motifs is 1. The number of rotatable bonds is 6. The molecule has 0 fully saturated rings. The fraction of sp³-hybridized carbons (Fsp3) is 0.421. The molecule has 0 aliphatic carbocycles. The van der Waals surface area contributed by atoms with Crippen molar-refractivity contribution in [3.05, 3.63) is 33.1 Å². The van der Waals surface area contributed by atoms with Crippen LogP contribution in [0, 0.1) is 20.8 Å². The first-order valence-corrected chi connectivity index (χ1v) is 9.55. The molecule has 3 heterocycles. The molecule has 0 spiro atoms. The number of aromatic nitrogens is 2. The predicted octanol–water partition coefficient (Wildman–Crippen LogP) is 4.99. The number of hydrogen-bond donors (Lipinski definition) is 0. The Morgan fingerprint density at radius 2 is 2.04 bits per heavy atom. The lowest BCUT2D eigenvalue weighted by Gasteiger charge is -2.22. The second-order valence-electron chi connectivity index (χ2n) is 6.47. The predicted molar refractivity (Wildman–Crippen MR) is 102 cm³/mol. The first kappa shape index (κ1) is 19.4. The first-order valence-electron chi connectivity index (χ1n) is 8.73. The number of thiophene rings is 1.